The average Bonchev–Trinajstić information content (AvgIpc) is 2.63. The minimum absolute atomic E-state index is 0.667. The van der Waals surface area contributed by atoms with E-state index in [1.807, 2.05) is 0 Å². The molecule has 0 bridgehead atoms. The van der Waals surface area contributed by atoms with Crippen LogP contribution in [0.2, 0.25) is 0 Å². The highest BCUT2D eigenvalue weighted by Gasteiger charge is 2.50. The van der Waals surface area contributed by atoms with E-state index < -0.39 is 74.6 Å². The Morgan fingerprint density at radius 2 is 1.24 bits per heavy atom. The predicted octanol–water partition coefficient (Wildman–Crippen LogP) is -5.79. The van der Waals surface area contributed by atoms with Crippen LogP contribution in [0.3, 0.4) is 0 Å². The Hall–Kier alpha value is -0.480. The van der Waals surface area contributed by atoms with Gasteiger partial charge < -0.3 is 60.2 Å². The molecule has 12 nitrogen and oxygen atoms in total. The van der Waals surface area contributed by atoms with Gasteiger partial charge in [-0.05, 0) is 0 Å². The molecule has 9 N–H and O–H groups in total. The molecule has 0 aromatic carbocycles. The van der Waals surface area contributed by atoms with Gasteiger partial charge in [-0.2, -0.15) is 0 Å². The number of hydrogen-bond acceptors (Lipinski definition) is 12. The van der Waals surface area contributed by atoms with Gasteiger partial charge in [0.1, 0.15) is 48.8 Å². The van der Waals surface area contributed by atoms with E-state index in [1.165, 1.54) is 0 Å². The van der Waals surface area contributed by atoms with Crippen LogP contribution in [0.25, 0.3) is 0 Å². The van der Waals surface area contributed by atoms with Crippen molar-refractivity contribution >= 4 is 0 Å². The second kappa shape index (κ2) is 10.0. The fourth-order valence-electron chi connectivity index (χ4n) is 2.57. The molecule has 0 aromatic heterocycles. The molecule has 0 spiro atoms. The van der Waals surface area contributed by atoms with Gasteiger partial charge in [-0.15, -0.1) is 0 Å². The summed E-state index contributed by atoms with van der Waals surface area (Å²) in [5.74, 6) is 0. The molecule has 0 aliphatic carbocycles. The van der Waals surface area contributed by atoms with Crippen LogP contribution >= 0.6 is 0 Å². The highest BCUT2D eigenvalue weighted by atomic mass is 16.7. The summed E-state index contributed by atoms with van der Waals surface area (Å²) in [4.78, 5) is 0. The zero-order chi connectivity index (χ0) is 19.3. The summed E-state index contributed by atoms with van der Waals surface area (Å²) in [5.41, 5.74) is 0. The third kappa shape index (κ3) is 4.82. The molecule has 2 fully saturated rings. The molecular weight excluding hydrogens is 348 g/mol. The van der Waals surface area contributed by atoms with E-state index in [-0.39, 0.29) is 0 Å². The molecule has 12 heteroatoms. The Bertz CT molecular complexity index is 380. The monoisotopic (exact) mass is 374 g/mol. The predicted molar refractivity (Wildman–Crippen MR) is 76.8 cm³/mol. The SMILES string of the molecule is CO.OC[C@H]1O[C@H](O[C@H]2[C@H](O)[C@@H](O)[C@H](O)O[C@@H]2CO)[C@H](O)[C@@H](O)[C@@H]1O. The van der Waals surface area contributed by atoms with Crippen molar-refractivity contribution in [2.45, 2.75) is 61.4 Å². The van der Waals surface area contributed by atoms with Crippen LogP contribution in [-0.2, 0) is 14.2 Å². The van der Waals surface area contributed by atoms with Gasteiger partial charge in [-0.25, -0.2) is 0 Å². The van der Waals surface area contributed by atoms with Gasteiger partial charge in [0.15, 0.2) is 12.6 Å². The smallest absolute Gasteiger partial charge is 0.187 e. The molecule has 0 unspecified atom stereocenters. The zero-order valence-corrected chi connectivity index (χ0v) is 13.4. The van der Waals surface area contributed by atoms with E-state index in [4.69, 9.17) is 24.4 Å². The van der Waals surface area contributed by atoms with E-state index in [0.29, 0.717) is 0 Å². The van der Waals surface area contributed by atoms with Crippen LogP contribution in [0.15, 0.2) is 0 Å². The first-order chi connectivity index (χ1) is 11.8. The van der Waals surface area contributed by atoms with Crippen molar-refractivity contribution in [3.05, 3.63) is 0 Å². The number of ether oxygens (including phenoxy) is 3. The Morgan fingerprint density at radius 3 is 1.76 bits per heavy atom. The summed E-state index contributed by atoms with van der Waals surface area (Å²) in [6.45, 7) is -1.35. The number of aliphatic hydroxyl groups excluding tert-OH is 9. The number of rotatable bonds is 4. The first-order valence-corrected chi connectivity index (χ1v) is 7.53. The van der Waals surface area contributed by atoms with E-state index in [2.05, 4.69) is 0 Å². The standard InChI is InChI=1S/C12H22O11.CH4O/c13-1-3-5(15)6(16)9(19)12(22-3)23-10-4(2-14)21-11(20)8(18)7(10)17;1-2/h3-20H,1-2H2;2H,1H3/t3-,4-,5-,6+,7-,8-,9-,10-,11-,12-;/m1./s1. The Balaban J connectivity index is 0.00000151. The van der Waals surface area contributed by atoms with Crippen molar-refractivity contribution in [2.24, 2.45) is 0 Å². The molecule has 2 aliphatic heterocycles. The van der Waals surface area contributed by atoms with E-state index in [0.717, 1.165) is 7.11 Å². The van der Waals surface area contributed by atoms with Gasteiger partial charge in [-0.1, -0.05) is 0 Å². The maximum Gasteiger partial charge on any atom is 0.187 e. The zero-order valence-electron chi connectivity index (χ0n) is 13.4. The van der Waals surface area contributed by atoms with Crippen molar-refractivity contribution in [3.8, 4) is 0 Å². The molecule has 150 valence electrons. The lowest BCUT2D eigenvalue weighted by Crippen LogP contribution is -2.64. The summed E-state index contributed by atoms with van der Waals surface area (Å²) >= 11 is 0. The quantitative estimate of drug-likeness (QED) is 0.225. The van der Waals surface area contributed by atoms with E-state index in [1.54, 1.807) is 0 Å². The van der Waals surface area contributed by atoms with Crippen LogP contribution in [-0.4, -0.2) is 128 Å². The number of aliphatic hydroxyl groups is 9. The molecule has 0 radical (unpaired) electrons. The topological polar surface area (TPSA) is 210 Å². The highest BCUT2D eigenvalue weighted by Crippen LogP contribution is 2.28. The third-order valence-corrected chi connectivity index (χ3v) is 3.98. The second-order valence-corrected chi connectivity index (χ2v) is 5.53. The molecule has 2 rings (SSSR count). The van der Waals surface area contributed by atoms with Crippen molar-refractivity contribution < 1.29 is 60.2 Å². The molecule has 0 aromatic rings. The van der Waals surface area contributed by atoms with Crippen LogP contribution < -0.4 is 0 Å². The molecule has 2 saturated heterocycles. The summed E-state index contributed by atoms with van der Waals surface area (Å²) < 4.78 is 15.3. The average molecular weight is 374 g/mol. The minimum atomic E-state index is -1.74. The lowest BCUT2D eigenvalue weighted by atomic mass is 9.97. The maximum atomic E-state index is 9.94. The van der Waals surface area contributed by atoms with E-state index >= 15 is 0 Å². The van der Waals surface area contributed by atoms with E-state index in [9.17, 15) is 35.7 Å². The van der Waals surface area contributed by atoms with Crippen LogP contribution in [0.1, 0.15) is 0 Å². The van der Waals surface area contributed by atoms with Crippen LogP contribution in [0, 0.1) is 0 Å². The Labute approximate surface area is 143 Å². The molecule has 25 heavy (non-hydrogen) atoms. The molecule has 10 atom stereocenters. The summed E-state index contributed by atoms with van der Waals surface area (Å²) in [7, 11) is 1.00. The van der Waals surface area contributed by atoms with Crippen LogP contribution in [0.5, 0.6) is 0 Å². The van der Waals surface area contributed by atoms with Gasteiger partial charge in [0, 0.05) is 7.11 Å². The second-order valence-electron chi connectivity index (χ2n) is 5.53. The minimum Gasteiger partial charge on any atom is -0.400 e. The fourth-order valence-corrected chi connectivity index (χ4v) is 2.57. The van der Waals surface area contributed by atoms with Gasteiger partial charge in [0.2, 0.25) is 0 Å². The highest BCUT2D eigenvalue weighted by molar-refractivity contribution is 4.93. The summed E-state index contributed by atoms with van der Waals surface area (Å²) in [6.07, 6.45) is -15.6. The summed E-state index contributed by atoms with van der Waals surface area (Å²) in [5, 5.41) is 83.5. The van der Waals surface area contributed by atoms with Gasteiger partial charge in [-0.3, -0.25) is 0 Å². The van der Waals surface area contributed by atoms with Crippen molar-refractivity contribution in [1.29, 1.82) is 0 Å². The number of hydrogen-bond donors (Lipinski definition) is 9. The normalized spacial score (nSPS) is 47.8. The molecular formula is C13H26O12. The molecule has 0 saturated carbocycles. The summed E-state index contributed by atoms with van der Waals surface area (Å²) in [6, 6.07) is 0. The molecule has 0 amide bonds. The Kier molecular flexibility index (Phi) is 9.03. The van der Waals surface area contributed by atoms with Crippen molar-refractivity contribution in [1.82, 2.24) is 0 Å². The fraction of sp³-hybridized carbons (Fsp3) is 1.00. The van der Waals surface area contributed by atoms with Crippen molar-refractivity contribution in [2.75, 3.05) is 20.3 Å². The lowest BCUT2D eigenvalue weighted by Gasteiger charge is -2.45. The van der Waals surface area contributed by atoms with Crippen LogP contribution in [0.4, 0.5) is 0 Å². The van der Waals surface area contributed by atoms with Gasteiger partial charge in [0.25, 0.3) is 0 Å². The third-order valence-electron chi connectivity index (χ3n) is 3.98. The molecule has 2 aliphatic rings. The van der Waals surface area contributed by atoms with Crippen molar-refractivity contribution in [3.63, 3.8) is 0 Å². The molecule has 2 heterocycles. The Morgan fingerprint density at radius 1 is 0.680 bits per heavy atom. The largest absolute Gasteiger partial charge is 0.400 e. The first-order valence-electron chi connectivity index (χ1n) is 7.53. The van der Waals surface area contributed by atoms with Gasteiger partial charge in [0.05, 0.1) is 13.2 Å². The lowest BCUT2D eigenvalue weighted by molar-refractivity contribution is -0.355. The first kappa shape index (κ1) is 22.6. The maximum absolute atomic E-state index is 9.94. The van der Waals surface area contributed by atoms with Gasteiger partial charge >= 0.3 is 0 Å².